The molecule has 6 nitrogen and oxygen atoms in total. The highest BCUT2D eigenvalue weighted by Gasteiger charge is 2.48. The molecule has 3 aliphatic heterocycles. The fourth-order valence-electron chi connectivity index (χ4n) is 5.26. The fraction of sp³-hybridized carbons (Fsp3) is 0.682. The van der Waals surface area contributed by atoms with Crippen LogP contribution in [0, 0.1) is 0 Å². The highest BCUT2D eigenvalue weighted by molar-refractivity contribution is 7.90. The molecule has 0 bridgehead atoms. The number of rotatable bonds is 4. The van der Waals surface area contributed by atoms with Gasteiger partial charge in [0.15, 0.2) is 0 Å². The maximum absolute atomic E-state index is 12.9. The van der Waals surface area contributed by atoms with Gasteiger partial charge >= 0.3 is 0 Å². The number of ether oxygens (including phenoxy) is 1. The molecule has 1 aromatic rings. The summed E-state index contributed by atoms with van der Waals surface area (Å²) in [6.07, 6.45) is 6.51. The first-order valence-corrected chi connectivity index (χ1v) is 12.5. The number of benzene rings is 1. The number of fused-ring (bicyclic) bond motifs is 1. The number of para-hydroxylation sites is 1. The summed E-state index contributed by atoms with van der Waals surface area (Å²) in [5.74, 6) is 1.25. The van der Waals surface area contributed by atoms with Gasteiger partial charge in [0, 0.05) is 51.4 Å². The minimum absolute atomic E-state index is 0.139. The lowest BCUT2D eigenvalue weighted by molar-refractivity contribution is -0.131. The van der Waals surface area contributed by atoms with Crippen molar-refractivity contribution in [2.45, 2.75) is 68.1 Å². The van der Waals surface area contributed by atoms with Crippen molar-refractivity contribution in [3.8, 4) is 5.75 Å². The molecule has 2 saturated heterocycles. The highest BCUT2D eigenvalue weighted by Crippen LogP contribution is 2.47. The van der Waals surface area contributed by atoms with E-state index < -0.39 is 10.0 Å². The number of carbonyl (C=O) groups excluding carboxylic acids is 1. The van der Waals surface area contributed by atoms with Gasteiger partial charge in [-0.1, -0.05) is 18.2 Å². The summed E-state index contributed by atoms with van der Waals surface area (Å²) in [6.45, 7) is 2.80. The predicted molar refractivity (Wildman–Crippen MR) is 110 cm³/mol. The molecule has 1 amide bonds. The zero-order valence-corrected chi connectivity index (χ0v) is 17.7. The Hall–Kier alpha value is -1.60. The van der Waals surface area contributed by atoms with Crippen LogP contribution in [0.3, 0.4) is 0 Å². The molecule has 0 aromatic heterocycles. The van der Waals surface area contributed by atoms with Gasteiger partial charge in [-0.2, -0.15) is 0 Å². The predicted octanol–water partition coefficient (Wildman–Crippen LogP) is 2.89. The lowest BCUT2D eigenvalue weighted by Gasteiger charge is -2.46. The zero-order chi connectivity index (χ0) is 20.1. The summed E-state index contributed by atoms with van der Waals surface area (Å²) in [5.41, 5.74) is 0.763. The van der Waals surface area contributed by atoms with Crippen LogP contribution in [0.1, 0.15) is 62.8 Å². The Bertz CT molecular complexity index is 882. The molecule has 29 heavy (non-hydrogen) atoms. The standard InChI is InChI=1S/C22H30N2O4S/c25-21(23-11-3-4-12-23)15-17-16-22(28-20-6-2-1-5-19(17)20)9-13-24(14-10-22)29(26,27)18-7-8-18/h1-2,5-6,17-18H,3-4,7-16H2. The Balaban J connectivity index is 1.33. The Morgan fingerprint density at radius 1 is 1.07 bits per heavy atom. The van der Waals surface area contributed by atoms with Crippen LogP contribution < -0.4 is 4.74 Å². The third-order valence-corrected chi connectivity index (χ3v) is 9.52. The molecule has 1 spiro atoms. The number of amides is 1. The maximum Gasteiger partial charge on any atom is 0.223 e. The van der Waals surface area contributed by atoms with E-state index >= 15 is 0 Å². The summed E-state index contributed by atoms with van der Waals surface area (Å²) >= 11 is 0. The lowest BCUT2D eigenvalue weighted by atomic mass is 9.76. The highest BCUT2D eigenvalue weighted by atomic mass is 32.2. The van der Waals surface area contributed by atoms with Gasteiger partial charge < -0.3 is 9.64 Å². The van der Waals surface area contributed by atoms with Gasteiger partial charge in [-0.05, 0) is 43.7 Å². The second-order valence-corrected chi connectivity index (χ2v) is 11.4. The van der Waals surface area contributed by atoms with Gasteiger partial charge in [-0.3, -0.25) is 4.79 Å². The number of nitrogens with zero attached hydrogens (tertiary/aromatic N) is 2. The van der Waals surface area contributed by atoms with Crippen LogP contribution >= 0.6 is 0 Å². The second-order valence-electron chi connectivity index (χ2n) is 9.16. The van der Waals surface area contributed by atoms with E-state index in [1.807, 2.05) is 23.1 Å². The van der Waals surface area contributed by atoms with Crippen LogP contribution in [0.5, 0.6) is 5.75 Å². The molecule has 1 aliphatic carbocycles. The van der Waals surface area contributed by atoms with E-state index in [-0.39, 0.29) is 22.7 Å². The van der Waals surface area contributed by atoms with Gasteiger partial charge in [-0.15, -0.1) is 0 Å². The van der Waals surface area contributed by atoms with Gasteiger partial charge in [0.25, 0.3) is 0 Å². The van der Waals surface area contributed by atoms with Crippen molar-refractivity contribution >= 4 is 15.9 Å². The normalized spacial score (nSPS) is 26.9. The molecule has 5 rings (SSSR count). The van der Waals surface area contributed by atoms with Crippen molar-refractivity contribution in [1.82, 2.24) is 9.21 Å². The van der Waals surface area contributed by atoms with E-state index in [4.69, 9.17) is 4.74 Å². The minimum atomic E-state index is -3.13. The average Bonchev–Trinajstić information content (AvgIpc) is 3.44. The quantitative estimate of drug-likeness (QED) is 0.754. The third-order valence-electron chi connectivity index (χ3n) is 7.12. The van der Waals surface area contributed by atoms with E-state index in [9.17, 15) is 13.2 Å². The third kappa shape index (κ3) is 3.67. The Labute approximate surface area is 173 Å². The van der Waals surface area contributed by atoms with E-state index in [0.717, 1.165) is 56.5 Å². The zero-order valence-electron chi connectivity index (χ0n) is 16.9. The number of hydrogen-bond donors (Lipinski definition) is 0. The molecule has 158 valence electrons. The smallest absolute Gasteiger partial charge is 0.223 e. The summed E-state index contributed by atoms with van der Waals surface area (Å²) in [6, 6.07) is 8.07. The summed E-state index contributed by atoms with van der Waals surface area (Å²) in [5, 5.41) is -0.157. The molecule has 1 unspecified atom stereocenters. The van der Waals surface area contributed by atoms with Crippen LogP contribution in [0.4, 0.5) is 0 Å². The Kier molecular flexibility index (Phi) is 4.86. The van der Waals surface area contributed by atoms with Crippen molar-refractivity contribution in [2.24, 2.45) is 0 Å². The first kappa shape index (κ1) is 19.4. The van der Waals surface area contributed by atoms with Crippen molar-refractivity contribution in [3.05, 3.63) is 29.8 Å². The molecule has 1 saturated carbocycles. The maximum atomic E-state index is 12.9. The molecule has 0 N–H and O–H groups in total. The Morgan fingerprint density at radius 2 is 1.76 bits per heavy atom. The van der Waals surface area contributed by atoms with Gasteiger partial charge in [0.1, 0.15) is 11.4 Å². The molecule has 3 fully saturated rings. The monoisotopic (exact) mass is 418 g/mol. The molecule has 1 atom stereocenters. The van der Waals surface area contributed by atoms with Gasteiger partial charge in [0.05, 0.1) is 5.25 Å². The molecule has 0 radical (unpaired) electrons. The van der Waals surface area contributed by atoms with Crippen LogP contribution in [-0.4, -0.2) is 60.6 Å². The number of sulfonamides is 1. The number of likely N-dealkylation sites (tertiary alicyclic amines) is 1. The summed E-state index contributed by atoms with van der Waals surface area (Å²) in [4.78, 5) is 14.9. The fourth-order valence-corrected chi connectivity index (χ4v) is 7.11. The molecule has 3 heterocycles. The van der Waals surface area contributed by atoms with Gasteiger partial charge in [0.2, 0.25) is 15.9 Å². The second kappa shape index (κ2) is 7.27. The molecule has 7 heteroatoms. The average molecular weight is 419 g/mol. The van der Waals surface area contributed by atoms with Crippen LogP contribution in [0.15, 0.2) is 24.3 Å². The first-order chi connectivity index (χ1) is 14.0. The van der Waals surface area contributed by atoms with E-state index in [1.165, 1.54) is 0 Å². The van der Waals surface area contributed by atoms with Crippen LogP contribution in [0.2, 0.25) is 0 Å². The lowest BCUT2D eigenvalue weighted by Crippen LogP contribution is -2.52. The summed E-state index contributed by atoms with van der Waals surface area (Å²) < 4.78 is 33.4. The van der Waals surface area contributed by atoms with Crippen molar-refractivity contribution in [3.63, 3.8) is 0 Å². The van der Waals surface area contributed by atoms with E-state index in [2.05, 4.69) is 6.07 Å². The molecular formula is C22H30N2O4S. The minimum Gasteiger partial charge on any atom is -0.487 e. The SMILES string of the molecule is O=C(CC1CC2(CCN(S(=O)(=O)C3CC3)CC2)Oc2ccccc21)N1CCCC1. The van der Waals surface area contributed by atoms with E-state index in [1.54, 1.807) is 4.31 Å². The number of carbonyl (C=O) groups is 1. The van der Waals surface area contributed by atoms with Crippen molar-refractivity contribution < 1.29 is 17.9 Å². The van der Waals surface area contributed by atoms with Gasteiger partial charge in [-0.25, -0.2) is 12.7 Å². The topological polar surface area (TPSA) is 66.9 Å². The first-order valence-electron chi connectivity index (χ1n) is 11.0. The number of piperidine rings is 1. The van der Waals surface area contributed by atoms with E-state index in [0.29, 0.717) is 32.4 Å². The van der Waals surface area contributed by atoms with Crippen LogP contribution in [0.25, 0.3) is 0 Å². The molecular weight excluding hydrogens is 388 g/mol. The largest absolute Gasteiger partial charge is 0.487 e. The molecule has 1 aromatic carbocycles. The van der Waals surface area contributed by atoms with Crippen molar-refractivity contribution in [2.75, 3.05) is 26.2 Å². The molecule has 4 aliphatic rings. The summed E-state index contributed by atoms with van der Waals surface area (Å²) in [7, 11) is -3.13. The Morgan fingerprint density at radius 3 is 2.45 bits per heavy atom. The van der Waals surface area contributed by atoms with Crippen LogP contribution in [-0.2, 0) is 14.8 Å². The number of hydrogen-bond acceptors (Lipinski definition) is 4. The van der Waals surface area contributed by atoms with Crippen molar-refractivity contribution in [1.29, 1.82) is 0 Å².